The van der Waals surface area contributed by atoms with Crippen molar-refractivity contribution in [1.82, 2.24) is 5.43 Å². The molecular weight excluding hydrogens is 260 g/mol. The van der Waals surface area contributed by atoms with Gasteiger partial charge in [0.25, 0.3) is 0 Å². The zero-order valence-corrected chi connectivity index (χ0v) is 12.5. The van der Waals surface area contributed by atoms with Gasteiger partial charge in [0.2, 0.25) is 0 Å². The van der Waals surface area contributed by atoms with E-state index >= 15 is 0 Å². The summed E-state index contributed by atoms with van der Waals surface area (Å²) in [6.45, 7) is 6.74. The number of rotatable bonds is 7. The molecule has 0 heterocycles. The van der Waals surface area contributed by atoms with Gasteiger partial charge in [-0.15, -0.1) is 0 Å². The van der Waals surface area contributed by atoms with Crippen molar-refractivity contribution in [3.8, 4) is 0 Å². The molecule has 3 N–H and O–H groups in total. The molecular formula is C15H23F2N3. The number of aliphatic imine (C=N–C) groups is 1. The Labute approximate surface area is 119 Å². The van der Waals surface area contributed by atoms with E-state index in [1.807, 2.05) is 6.92 Å². The zero-order chi connectivity index (χ0) is 15.5. The van der Waals surface area contributed by atoms with Crippen LogP contribution in [0, 0.1) is 0 Å². The van der Waals surface area contributed by atoms with Crippen molar-refractivity contribution < 1.29 is 8.78 Å². The minimum absolute atomic E-state index is 0.0404. The number of hydrazine groups is 1. The molecule has 0 aromatic rings. The molecule has 0 atom stereocenters. The lowest BCUT2D eigenvalue weighted by atomic mass is 10.0. The first-order chi connectivity index (χ1) is 9.49. The van der Waals surface area contributed by atoms with Crippen LogP contribution in [0.15, 0.2) is 52.3 Å². The van der Waals surface area contributed by atoms with Crippen molar-refractivity contribution >= 4 is 5.71 Å². The highest BCUT2D eigenvalue weighted by atomic mass is 19.1. The highest BCUT2D eigenvalue weighted by molar-refractivity contribution is 5.97. The number of hydrogen-bond acceptors (Lipinski definition) is 3. The maximum absolute atomic E-state index is 13.8. The first kappa shape index (κ1) is 18.2. The van der Waals surface area contributed by atoms with Gasteiger partial charge in [0.15, 0.2) is 0 Å². The molecule has 20 heavy (non-hydrogen) atoms. The Balaban J connectivity index is 5.44. The van der Waals surface area contributed by atoms with E-state index in [9.17, 15) is 8.78 Å². The maximum atomic E-state index is 13.8. The quantitative estimate of drug-likeness (QED) is 0.318. The van der Waals surface area contributed by atoms with Gasteiger partial charge in [-0.2, -0.15) is 0 Å². The van der Waals surface area contributed by atoms with E-state index in [0.29, 0.717) is 11.4 Å². The van der Waals surface area contributed by atoms with Crippen molar-refractivity contribution in [2.45, 2.75) is 40.5 Å². The van der Waals surface area contributed by atoms with Gasteiger partial charge in [-0.3, -0.25) is 10.8 Å². The largest absolute Gasteiger partial charge is 0.327 e. The average Bonchev–Trinajstić information content (AvgIpc) is 2.47. The highest BCUT2D eigenvalue weighted by Gasteiger charge is 2.12. The predicted molar refractivity (Wildman–Crippen MR) is 81.2 cm³/mol. The van der Waals surface area contributed by atoms with Crippen LogP contribution in [0.5, 0.6) is 0 Å². The number of halogens is 2. The summed E-state index contributed by atoms with van der Waals surface area (Å²) in [5, 5.41) is 0. The lowest BCUT2D eigenvalue weighted by Crippen LogP contribution is -2.18. The Morgan fingerprint density at radius 2 is 1.95 bits per heavy atom. The smallest absolute Gasteiger partial charge is 0.125 e. The SMILES string of the molecule is C/C=C/C(CC(/C(F)=C\C)=C(\F)CC)=N\C=C(/C)NN. The molecule has 0 bridgehead atoms. The summed E-state index contributed by atoms with van der Waals surface area (Å²) in [5.74, 6) is 4.21. The Bertz CT molecular complexity index is 458. The summed E-state index contributed by atoms with van der Waals surface area (Å²) >= 11 is 0. The number of nitrogens with one attached hydrogen (secondary N) is 1. The third kappa shape index (κ3) is 6.43. The molecule has 0 aliphatic heterocycles. The van der Waals surface area contributed by atoms with Crippen LogP contribution in [0.4, 0.5) is 8.78 Å². The summed E-state index contributed by atoms with van der Waals surface area (Å²) in [7, 11) is 0. The normalized spacial score (nSPS) is 15.7. The predicted octanol–water partition coefficient (Wildman–Crippen LogP) is 4.23. The van der Waals surface area contributed by atoms with Crippen LogP contribution in [0.25, 0.3) is 0 Å². The molecule has 112 valence electrons. The fourth-order valence-electron chi connectivity index (χ4n) is 1.44. The van der Waals surface area contributed by atoms with E-state index in [2.05, 4.69) is 10.4 Å². The van der Waals surface area contributed by atoms with Gasteiger partial charge < -0.3 is 5.43 Å². The Hall–Kier alpha value is -1.75. The zero-order valence-electron chi connectivity index (χ0n) is 12.5. The molecule has 0 amide bonds. The molecule has 0 aliphatic carbocycles. The van der Waals surface area contributed by atoms with Crippen LogP contribution < -0.4 is 11.3 Å². The van der Waals surface area contributed by atoms with Crippen molar-refractivity contribution in [2.75, 3.05) is 0 Å². The van der Waals surface area contributed by atoms with Crippen molar-refractivity contribution in [1.29, 1.82) is 0 Å². The minimum atomic E-state index is -0.556. The van der Waals surface area contributed by atoms with E-state index < -0.39 is 11.7 Å². The molecule has 5 heteroatoms. The molecule has 0 aromatic heterocycles. The lowest BCUT2D eigenvalue weighted by Gasteiger charge is -2.07. The van der Waals surface area contributed by atoms with Crippen LogP contribution in [0.3, 0.4) is 0 Å². The monoisotopic (exact) mass is 283 g/mol. The van der Waals surface area contributed by atoms with Gasteiger partial charge in [-0.25, -0.2) is 8.78 Å². The molecule has 0 rings (SSSR count). The van der Waals surface area contributed by atoms with Gasteiger partial charge in [-0.05, 0) is 33.3 Å². The molecule has 0 radical (unpaired) electrons. The van der Waals surface area contributed by atoms with Crippen molar-refractivity contribution in [2.24, 2.45) is 10.8 Å². The summed E-state index contributed by atoms with van der Waals surface area (Å²) in [5.41, 5.74) is 3.69. The Kier molecular flexibility index (Phi) is 9.20. The Morgan fingerprint density at radius 3 is 2.40 bits per heavy atom. The summed E-state index contributed by atoms with van der Waals surface area (Å²) in [6, 6.07) is 0. The van der Waals surface area contributed by atoms with Gasteiger partial charge in [0, 0.05) is 29.6 Å². The third-order valence-electron chi connectivity index (χ3n) is 2.55. The standard InChI is InChI=1S/C15H23F2N3/c1-5-8-12(19-10-11(4)20-18)9-13(14(16)6-2)15(17)7-3/h5-6,8,10,20H,7,9,18H2,1-4H3/b8-5+,11-10+,14-6+,15-13+,19-12+. The molecule has 0 saturated carbocycles. The summed E-state index contributed by atoms with van der Waals surface area (Å²) in [6.07, 6.45) is 6.50. The van der Waals surface area contributed by atoms with E-state index in [1.165, 1.54) is 19.2 Å². The van der Waals surface area contributed by atoms with Crippen LogP contribution in [0.1, 0.15) is 40.5 Å². The van der Waals surface area contributed by atoms with E-state index in [-0.39, 0.29) is 18.4 Å². The van der Waals surface area contributed by atoms with E-state index in [4.69, 9.17) is 5.84 Å². The second-order valence-electron chi connectivity index (χ2n) is 4.13. The molecule has 0 fully saturated rings. The van der Waals surface area contributed by atoms with Crippen molar-refractivity contribution in [3.63, 3.8) is 0 Å². The lowest BCUT2D eigenvalue weighted by molar-refractivity contribution is 0.566. The first-order valence-corrected chi connectivity index (χ1v) is 6.52. The summed E-state index contributed by atoms with van der Waals surface area (Å²) < 4.78 is 27.5. The number of allylic oxidation sites excluding steroid dienone is 7. The number of hydrogen-bond donors (Lipinski definition) is 2. The second-order valence-corrected chi connectivity index (χ2v) is 4.13. The molecule has 0 aliphatic rings. The van der Waals surface area contributed by atoms with Gasteiger partial charge in [-0.1, -0.05) is 19.1 Å². The van der Waals surface area contributed by atoms with Crippen LogP contribution in [-0.4, -0.2) is 5.71 Å². The fraction of sp³-hybridized carbons (Fsp3) is 0.400. The molecule has 0 saturated heterocycles. The maximum Gasteiger partial charge on any atom is 0.125 e. The van der Waals surface area contributed by atoms with Crippen LogP contribution >= 0.6 is 0 Å². The van der Waals surface area contributed by atoms with E-state index in [0.717, 1.165) is 0 Å². The van der Waals surface area contributed by atoms with Crippen molar-refractivity contribution in [3.05, 3.63) is 47.4 Å². The Morgan fingerprint density at radius 1 is 1.30 bits per heavy atom. The number of nitrogens with two attached hydrogens (primary N) is 1. The first-order valence-electron chi connectivity index (χ1n) is 6.52. The molecule has 0 spiro atoms. The van der Waals surface area contributed by atoms with Gasteiger partial charge in [0.1, 0.15) is 11.7 Å². The highest BCUT2D eigenvalue weighted by Crippen LogP contribution is 2.24. The molecule has 3 nitrogen and oxygen atoms in total. The third-order valence-corrected chi connectivity index (χ3v) is 2.55. The van der Waals surface area contributed by atoms with Crippen LogP contribution in [0.2, 0.25) is 0 Å². The summed E-state index contributed by atoms with van der Waals surface area (Å²) in [4.78, 5) is 4.19. The fourth-order valence-corrected chi connectivity index (χ4v) is 1.44. The topological polar surface area (TPSA) is 50.4 Å². The van der Waals surface area contributed by atoms with Gasteiger partial charge in [0.05, 0.1) is 0 Å². The average molecular weight is 283 g/mol. The van der Waals surface area contributed by atoms with Gasteiger partial charge >= 0.3 is 0 Å². The number of nitrogens with zero attached hydrogens (tertiary/aromatic N) is 1. The van der Waals surface area contributed by atoms with E-state index in [1.54, 1.807) is 26.0 Å². The molecule has 0 unspecified atom stereocenters. The second kappa shape index (κ2) is 10.1. The minimum Gasteiger partial charge on any atom is -0.327 e. The molecule has 0 aromatic carbocycles. The van der Waals surface area contributed by atoms with Crippen LogP contribution in [-0.2, 0) is 0 Å².